The number of hydrogen-bond acceptors (Lipinski definition) is 2. The SMILES string of the molecule is CC(C)CNCCC(C)c1ccc2cccnc2c1. The quantitative estimate of drug-likeness (QED) is 0.791. The van der Waals surface area contributed by atoms with Gasteiger partial charge in [0.05, 0.1) is 5.52 Å². The molecule has 1 aromatic carbocycles. The highest BCUT2D eigenvalue weighted by atomic mass is 14.8. The summed E-state index contributed by atoms with van der Waals surface area (Å²) in [5, 5.41) is 4.73. The second kappa shape index (κ2) is 6.67. The fourth-order valence-corrected chi connectivity index (χ4v) is 2.27. The van der Waals surface area contributed by atoms with Crippen LogP contribution in [-0.2, 0) is 0 Å². The van der Waals surface area contributed by atoms with E-state index < -0.39 is 0 Å². The Morgan fingerprint density at radius 1 is 1.16 bits per heavy atom. The molecule has 1 aromatic heterocycles. The molecule has 0 amide bonds. The van der Waals surface area contributed by atoms with Crippen LogP contribution < -0.4 is 5.32 Å². The highest BCUT2D eigenvalue weighted by Crippen LogP contribution is 2.22. The molecule has 102 valence electrons. The minimum atomic E-state index is 0.575. The molecule has 1 unspecified atom stereocenters. The van der Waals surface area contributed by atoms with Gasteiger partial charge in [0.15, 0.2) is 0 Å². The van der Waals surface area contributed by atoms with Crippen molar-refractivity contribution in [2.75, 3.05) is 13.1 Å². The van der Waals surface area contributed by atoms with Crippen molar-refractivity contribution in [2.24, 2.45) is 5.92 Å². The number of fused-ring (bicyclic) bond motifs is 1. The first-order chi connectivity index (χ1) is 9.16. The summed E-state index contributed by atoms with van der Waals surface area (Å²) in [5.41, 5.74) is 2.49. The van der Waals surface area contributed by atoms with Crippen LogP contribution in [-0.4, -0.2) is 18.1 Å². The van der Waals surface area contributed by atoms with E-state index in [1.165, 1.54) is 17.4 Å². The maximum absolute atomic E-state index is 4.43. The van der Waals surface area contributed by atoms with Crippen LogP contribution in [0.15, 0.2) is 36.5 Å². The largest absolute Gasteiger partial charge is 0.316 e. The molecule has 0 saturated heterocycles. The summed E-state index contributed by atoms with van der Waals surface area (Å²) in [6.45, 7) is 8.96. The lowest BCUT2D eigenvalue weighted by molar-refractivity contribution is 0.525. The fraction of sp³-hybridized carbons (Fsp3) is 0.471. The average Bonchev–Trinajstić information content (AvgIpc) is 2.42. The Hall–Kier alpha value is -1.41. The lowest BCUT2D eigenvalue weighted by atomic mass is 9.96. The Morgan fingerprint density at radius 2 is 2.00 bits per heavy atom. The maximum Gasteiger partial charge on any atom is 0.0704 e. The summed E-state index contributed by atoms with van der Waals surface area (Å²) in [6.07, 6.45) is 3.03. The van der Waals surface area contributed by atoms with E-state index in [2.05, 4.69) is 55.3 Å². The molecule has 0 fully saturated rings. The Labute approximate surface area is 116 Å². The van der Waals surface area contributed by atoms with Crippen LogP contribution in [0, 0.1) is 5.92 Å². The van der Waals surface area contributed by atoms with Gasteiger partial charge in [-0.05, 0) is 49.0 Å². The second-order valence-corrected chi connectivity index (χ2v) is 5.74. The second-order valence-electron chi connectivity index (χ2n) is 5.74. The molecule has 0 bridgehead atoms. The first-order valence-electron chi connectivity index (χ1n) is 7.22. The van der Waals surface area contributed by atoms with Gasteiger partial charge < -0.3 is 5.32 Å². The molecule has 0 aliphatic carbocycles. The molecule has 0 saturated carbocycles. The van der Waals surface area contributed by atoms with E-state index in [-0.39, 0.29) is 0 Å². The first-order valence-corrected chi connectivity index (χ1v) is 7.22. The van der Waals surface area contributed by atoms with Crippen LogP contribution in [0.5, 0.6) is 0 Å². The zero-order chi connectivity index (χ0) is 13.7. The van der Waals surface area contributed by atoms with Crippen LogP contribution in [0.4, 0.5) is 0 Å². The Bertz CT molecular complexity index is 519. The number of pyridine rings is 1. The molecule has 0 radical (unpaired) electrons. The summed E-state index contributed by atoms with van der Waals surface area (Å²) < 4.78 is 0. The van der Waals surface area contributed by atoms with Gasteiger partial charge in [0, 0.05) is 11.6 Å². The lowest BCUT2D eigenvalue weighted by Gasteiger charge is -2.14. The molecule has 2 heteroatoms. The van der Waals surface area contributed by atoms with E-state index in [0.29, 0.717) is 5.92 Å². The Kier molecular flexibility index (Phi) is 4.92. The third-order valence-electron chi connectivity index (χ3n) is 3.51. The van der Waals surface area contributed by atoms with Crippen LogP contribution >= 0.6 is 0 Å². The van der Waals surface area contributed by atoms with E-state index >= 15 is 0 Å². The summed E-state index contributed by atoms with van der Waals surface area (Å²) in [7, 11) is 0. The van der Waals surface area contributed by atoms with Gasteiger partial charge in [-0.3, -0.25) is 4.98 Å². The monoisotopic (exact) mass is 256 g/mol. The molecule has 1 atom stereocenters. The van der Waals surface area contributed by atoms with Crippen molar-refractivity contribution in [2.45, 2.75) is 33.1 Å². The summed E-state index contributed by atoms with van der Waals surface area (Å²) in [6, 6.07) is 10.7. The number of benzene rings is 1. The van der Waals surface area contributed by atoms with Crippen molar-refractivity contribution in [3.05, 3.63) is 42.1 Å². The van der Waals surface area contributed by atoms with Crippen LogP contribution in [0.1, 0.15) is 38.7 Å². The van der Waals surface area contributed by atoms with Gasteiger partial charge in [0.1, 0.15) is 0 Å². The topological polar surface area (TPSA) is 24.9 Å². The van der Waals surface area contributed by atoms with Crippen molar-refractivity contribution in [3.63, 3.8) is 0 Å². The molecular weight excluding hydrogens is 232 g/mol. The van der Waals surface area contributed by atoms with Gasteiger partial charge in [-0.15, -0.1) is 0 Å². The van der Waals surface area contributed by atoms with E-state index in [0.717, 1.165) is 24.5 Å². The van der Waals surface area contributed by atoms with Gasteiger partial charge >= 0.3 is 0 Å². The predicted octanol–water partition coefficient (Wildman–Crippen LogP) is 3.97. The van der Waals surface area contributed by atoms with Crippen molar-refractivity contribution < 1.29 is 0 Å². The van der Waals surface area contributed by atoms with Crippen LogP contribution in [0.2, 0.25) is 0 Å². The highest BCUT2D eigenvalue weighted by molar-refractivity contribution is 5.78. The molecule has 2 nitrogen and oxygen atoms in total. The van der Waals surface area contributed by atoms with E-state index in [1.54, 1.807) is 0 Å². The molecule has 0 aliphatic rings. The highest BCUT2D eigenvalue weighted by Gasteiger charge is 2.06. The molecule has 0 spiro atoms. The van der Waals surface area contributed by atoms with E-state index in [1.807, 2.05) is 12.3 Å². The number of hydrogen-bond donors (Lipinski definition) is 1. The number of nitrogens with zero attached hydrogens (tertiary/aromatic N) is 1. The van der Waals surface area contributed by atoms with Crippen molar-refractivity contribution in [1.82, 2.24) is 10.3 Å². The molecule has 19 heavy (non-hydrogen) atoms. The van der Waals surface area contributed by atoms with E-state index in [4.69, 9.17) is 0 Å². The van der Waals surface area contributed by atoms with Crippen molar-refractivity contribution >= 4 is 10.9 Å². The summed E-state index contributed by atoms with van der Waals surface area (Å²) in [5.74, 6) is 1.30. The van der Waals surface area contributed by atoms with Gasteiger partial charge in [-0.1, -0.05) is 39.0 Å². The summed E-state index contributed by atoms with van der Waals surface area (Å²) in [4.78, 5) is 4.43. The van der Waals surface area contributed by atoms with Crippen LogP contribution in [0.25, 0.3) is 10.9 Å². The van der Waals surface area contributed by atoms with Gasteiger partial charge in [0.25, 0.3) is 0 Å². The third kappa shape index (κ3) is 4.03. The Balaban J connectivity index is 1.95. The number of nitrogens with one attached hydrogen (secondary N) is 1. The first kappa shape index (κ1) is 14.0. The lowest BCUT2D eigenvalue weighted by Crippen LogP contribution is -2.21. The zero-order valence-corrected chi connectivity index (χ0v) is 12.2. The molecule has 0 aliphatic heterocycles. The standard InChI is InChI=1S/C17H24N2/c1-13(2)12-18-10-8-14(3)16-7-6-15-5-4-9-19-17(15)11-16/h4-7,9,11,13-14,18H,8,10,12H2,1-3H3. The smallest absolute Gasteiger partial charge is 0.0704 e. The summed E-state index contributed by atoms with van der Waals surface area (Å²) >= 11 is 0. The molecule has 1 N–H and O–H groups in total. The predicted molar refractivity (Wildman–Crippen MR) is 82.5 cm³/mol. The third-order valence-corrected chi connectivity index (χ3v) is 3.51. The maximum atomic E-state index is 4.43. The molecular formula is C17H24N2. The molecule has 1 heterocycles. The number of rotatable bonds is 6. The Morgan fingerprint density at radius 3 is 2.79 bits per heavy atom. The molecule has 2 aromatic rings. The van der Waals surface area contributed by atoms with Crippen LogP contribution in [0.3, 0.4) is 0 Å². The minimum Gasteiger partial charge on any atom is -0.316 e. The number of aromatic nitrogens is 1. The van der Waals surface area contributed by atoms with Gasteiger partial charge in [-0.2, -0.15) is 0 Å². The zero-order valence-electron chi connectivity index (χ0n) is 12.2. The average molecular weight is 256 g/mol. The minimum absolute atomic E-state index is 0.575. The van der Waals surface area contributed by atoms with Gasteiger partial charge in [0.2, 0.25) is 0 Å². The fourth-order valence-electron chi connectivity index (χ4n) is 2.27. The van der Waals surface area contributed by atoms with Crippen molar-refractivity contribution in [1.29, 1.82) is 0 Å². The van der Waals surface area contributed by atoms with Crippen molar-refractivity contribution in [3.8, 4) is 0 Å². The van der Waals surface area contributed by atoms with E-state index in [9.17, 15) is 0 Å². The van der Waals surface area contributed by atoms with Gasteiger partial charge in [-0.25, -0.2) is 0 Å². The molecule has 2 rings (SSSR count). The normalized spacial score (nSPS) is 13.1.